The van der Waals surface area contributed by atoms with Crippen LogP contribution >= 0.6 is 0 Å². The van der Waals surface area contributed by atoms with Crippen molar-refractivity contribution in [1.29, 1.82) is 0 Å². The zero-order chi connectivity index (χ0) is 40.3. The van der Waals surface area contributed by atoms with Crippen molar-refractivity contribution in [3.8, 4) is 67.7 Å². The van der Waals surface area contributed by atoms with E-state index in [0.29, 0.717) is 17.5 Å². The molecule has 0 aliphatic rings. The van der Waals surface area contributed by atoms with Gasteiger partial charge in [-0.1, -0.05) is 176 Å². The van der Waals surface area contributed by atoms with Crippen LogP contribution in [0.15, 0.2) is 211 Å². The van der Waals surface area contributed by atoms with Crippen LogP contribution in [0.5, 0.6) is 0 Å². The van der Waals surface area contributed by atoms with E-state index in [1.807, 2.05) is 42.5 Å². The highest BCUT2D eigenvalue weighted by Gasteiger charge is 2.22. The predicted octanol–water partition coefficient (Wildman–Crippen LogP) is 14.6. The van der Waals surface area contributed by atoms with Gasteiger partial charge in [-0.25, -0.2) is 19.9 Å². The van der Waals surface area contributed by atoms with E-state index in [1.165, 1.54) is 16.5 Å². The molecular formula is C56H34N4O. The second kappa shape index (κ2) is 14.2. The van der Waals surface area contributed by atoms with Crippen molar-refractivity contribution in [1.82, 2.24) is 19.9 Å². The molecule has 0 saturated heterocycles. The Kier molecular flexibility index (Phi) is 8.10. The highest BCUT2D eigenvalue weighted by atomic mass is 16.3. The first kappa shape index (κ1) is 34.7. The maximum atomic E-state index is 6.69. The van der Waals surface area contributed by atoms with Gasteiger partial charge in [-0.2, -0.15) is 0 Å². The molecule has 0 aliphatic heterocycles. The largest absolute Gasteiger partial charge is 0.456 e. The Morgan fingerprint density at radius 3 is 1.64 bits per heavy atom. The Balaban J connectivity index is 1.09. The van der Waals surface area contributed by atoms with Crippen LogP contribution < -0.4 is 0 Å². The van der Waals surface area contributed by atoms with E-state index in [-0.39, 0.29) is 0 Å². The number of hydrogen-bond acceptors (Lipinski definition) is 5. The Morgan fingerprint density at radius 1 is 0.295 bits per heavy atom. The summed E-state index contributed by atoms with van der Waals surface area (Å²) in [7, 11) is 0. The van der Waals surface area contributed by atoms with Crippen molar-refractivity contribution in [3.63, 3.8) is 0 Å². The smallest absolute Gasteiger partial charge is 0.164 e. The molecule has 0 radical (unpaired) electrons. The molecular weight excluding hydrogens is 745 g/mol. The molecule has 0 amide bonds. The second-order valence-corrected chi connectivity index (χ2v) is 15.4. The van der Waals surface area contributed by atoms with Crippen LogP contribution in [0.4, 0.5) is 0 Å². The molecule has 0 saturated carbocycles. The van der Waals surface area contributed by atoms with Crippen LogP contribution in [0.3, 0.4) is 0 Å². The topological polar surface area (TPSA) is 64.7 Å². The van der Waals surface area contributed by atoms with Gasteiger partial charge in [0, 0.05) is 54.7 Å². The normalized spacial score (nSPS) is 11.6. The Hall–Kier alpha value is -8.28. The molecule has 0 N–H and O–H groups in total. The number of furan rings is 1. The molecule has 12 aromatic rings. The van der Waals surface area contributed by atoms with Crippen LogP contribution in [-0.4, -0.2) is 19.9 Å². The van der Waals surface area contributed by atoms with E-state index in [1.54, 1.807) is 0 Å². The summed E-state index contributed by atoms with van der Waals surface area (Å²) in [5.41, 5.74) is 11.7. The third-order valence-electron chi connectivity index (χ3n) is 11.7. The molecule has 3 heterocycles. The van der Waals surface area contributed by atoms with Gasteiger partial charge in [0.15, 0.2) is 17.5 Å². The fourth-order valence-electron chi connectivity index (χ4n) is 8.77. The van der Waals surface area contributed by atoms with Gasteiger partial charge in [-0.15, -0.1) is 0 Å². The molecule has 5 heteroatoms. The lowest BCUT2D eigenvalue weighted by Gasteiger charge is -2.16. The highest BCUT2D eigenvalue weighted by molar-refractivity contribution is 6.27. The predicted molar refractivity (Wildman–Crippen MR) is 250 cm³/mol. The SMILES string of the molecule is c1ccc(-c2ccc(-c3c4c(cc5c(-c6cccc(-c7nc(-c8ccccc8)nc(-c8ccc9ccccc9c8)n7)c6)nc6ccccc6c35)oc3ccccc34)cc2)cc1. The quantitative estimate of drug-likeness (QED) is 0.157. The van der Waals surface area contributed by atoms with Crippen LogP contribution in [0, 0.1) is 0 Å². The van der Waals surface area contributed by atoms with Crippen LogP contribution in [0.25, 0.3) is 122 Å². The summed E-state index contributed by atoms with van der Waals surface area (Å²) in [6, 6.07) is 71.6. The molecule has 61 heavy (non-hydrogen) atoms. The molecule has 0 unspecified atom stereocenters. The van der Waals surface area contributed by atoms with Crippen molar-refractivity contribution >= 4 is 54.4 Å². The summed E-state index contributed by atoms with van der Waals surface area (Å²) < 4.78 is 6.69. The lowest BCUT2D eigenvalue weighted by molar-refractivity contribution is 0.669. The number of fused-ring (bicyclic) bond motifs is 7. The van der Waals surface area contributed by atoms with Gasteiger partial charge >= 0.3 is 0 Å². The standard InChI is InChI=1S/C56H34N4O/c1-3-14-35(15-4-1)37-26-29-38(30-27-37)50-51-44-22-9-11-24-47(44)57-53(46(51)34-49-52(50)45-23-10-12-25-48(45)61-49)41-20-13-21-42(33-41)55-58-54(39-17-5-2-6-18-39)59-56(60-55)43-31-28-36-16-7-8-19-40(36)32-43/h1-34H. The summed E-state index contributed by atoms with van der Waals surface area (Å²) in [5.74, 6) is 1.82. The van der Waals surface area contributed by atoms with Gasteiger partial charge < -0.3 is 4.42 Å². The van der Waals surface area contributed by atoms with Gasteiger partial charge in [0.25, 0.3) is 0 Å². The third-order valence-corrected chi connectivity index (χ3v) is 11.7. The van der Waals surface area contributed by atoms with Crippen LogP contribution in [0.1, 0.15) is 0 Å². The van der Waals surface area contributed by atoms with E-state index in [2.05, 4.69) is 164 Å². The average Bonchev–Trinajstić information content (AvgIpc) is 3.71. The maximum absolute atomic E-state index is 6.69. The molecule has 5 nitrogen and oxygen atoms in total. The summed E-state index contributed by atoms with van der Waals surface area (Å²) >= 11 is 0. The number of rotatable bonds is 6. The van der Waals surface area contributed by atoms with E-state index in [4.69, 9.17) is 24.4 Å². The maximum Gasteiger partial charge on any atom is 0.164 e. The number of para-hydroxylation sites is 2. The third kappa shape index (κ3) is 6.02. The number of benzene rings is 9. The van der Waals surface area contributed by atoms with Crippen LogP contribution in [0.2, 0.25) is 0 Å². The Bertz CT molecular complexity index is 3640. The number of pyridine rings is 1. The fraction of sp³-hybridized carbons (Fsp3) is 0. The number of aromatic nitrogens is 4. The minimum atomic E-state index is 0.586. The minimum Gasteiger partial charge on any atom is -0.456 e. The highest BCUT2D eigenvalue weighted by Crippen LogP contribution is 2.46. The fourth-order valence-corrected chi connectivity index (χ4v) is 8.77. The molecule has 0 spiro atoms. The molecule has 12 rings (SSSR count). The monoisotopic (exact) mass is 778 g/mol. The van der Waals surface area contributed by atoms with Crippen molar-refractivity contribution < 1.29 is 4.42 Å². The Morgan fingerprint density at radius 2 is 0.852 bits per heavy atom. The first-order chi connectivity index (χ1) is 30.2. The summed E-state index contributed by atoms with van der Waals surface area (Å²) in [5, 5.41) is 7.67. The van der Waals surface area contributed by atoms with Gasteiger partial charge in [0.1, 0.15) is 11.2 Å². The van der Waals surface area contributed by atoms with Gasteiger partial charge in [0.2, 0.25) is 0 Å². The van der Waals surface area contributed by atoms with Crippen LogP contribution in [-0.2, 0) is 0 Å². The number of nitrogens with zero attached hydrogens (tertiary/aromatic N) is 4. The average molecular weight is 779 g/mol. The van der Waals surface area contributed by atoms with Crippen molar-refractivity contribution in [2.24, 2.45) is 0 Å². The summed E-state index contributed by atoms with van der Waals surface area (Å²) in [4.78, 5) is 20.7. The molecule has 3 aromatic heterocycles. The zero-order valence-corrected chi connectivity index (χ0v) is 32.8. The second-order valence-electron chi connectivity index (χ2n) is 15.4. The van der Waals surface area contributed by atoms with Gasteiger partial charge in [-0.05, 0) is 57.8 Å². The molecule has 0 atom stereocenters. The van der Waals surface area contributed by atoms with E-state index >= 15 is 0 Å². The zero-order valence-electron chi connectivity index (χ0n) is 32.8. The molecule has 9 aromatic carbocycles. The molecule has 0 fully saturated rings. The van der Waals surface area contributed by atoms with Gasteiger partial charge in [0.05, 0.1) is 11.2 Å². The van der Waals surface area contributed by atoms with Crippen molar-refractivity contribution in [3.05, 3.63) is 206 Å². The van der Waals surface area contributed by atoms with Gasteiger partial charge in [-0.3, -0.25) is 0 Å². The summed E-state index contributed by atoms with van der Waals surface area (Å²) in [6.07, 6.45) is 0. The lowest BCUT2D eigenvalue weighted by atomic mass is 9.89. The van der Waals surface area contributed by atoms with E-state index in [9.17, 15) is 0 Å². The minimum absolute atomic E-state index is 0.586. The van der Waals surface area contributed by atoms with E-state index in [0.717, 1.165) is 88.1 Å². The first-order valence-electron chi connectivity index (χ1n) is 20.5. The molecule has 0 bridgehead atoms. The Labute approximate surface area is 351 Å². The van der Waals surface area contributed by atoms with E-state index < -0.39 is 0 Å². The molecule has 0 aliphatic carbocycles. The lowest BCUT2D eigenvalue weighted by Crippen LogP contribution is -2.00. The first-order valence-corrected chi connectivity index (χ1v) is 20.5. The summed E-state index contributed by atoms with van der Waals surface area (Å²) in [6.45, 7) is 0. The number of hydrogen-bond donors (Lipinski definition) is 0. The van der Waals surface area contributed by atoms with Crippen molar-refractivity contribution in [2.75, 3.05) is 0 Å². The molecule has 284 valence electrons. The van der Waals surface area contributed by atoms with Crippen molar-refractivity contribution in [2.45, 2.75) is 0 Å².